The molecule has 198 valence electrons. The minimum atomic E-state index is -0.832. The van der Waals surface area contributed by atoms with Gasteiger partial charge in [0.2, 0.25) is 5.91 Å². The largest absolute Gasteiger partial charge is 0.441 e. The fourth-order valence-corrected chi connectivity index (χ4v) is 5.16. The van der Waals surface area contributed by atoms with E-state index in [4.69, 9.17) is 15.5 Å². The van der Waals surface area contributed by atoms with E-state index in [2.05, 4.69) is 43.4 Å². The molecule has 1 unspecified atom stereocenters. The Morgan fingerprint density at radius 1 is 1.11 bits per heavy atom. The van der Waals surface area contributed by atoms with Crippen molar-refractivity contribution in [2.45, 2.75) is 74.0 Å². The normalized spacial score (nSPS) is 12.4. The highest BCUT2D eigenvalue weighted by atomic mass is 32.1. The number of aromatic nitrogens is 1. The monoisotopic (exact) mass is 521 g/mol. The van der Waals surface area contributed by atoms with Gasteiger partial charge in [-0.25, -0.2) is 4.79 Å². The van der Waals surface area contributed by atoms with Crippen LogP contribution in [0, 0.1) is 25.2 Å². The third kappa shape index (κ3) is 7.41. The van der Waals surface area contributed by atoms with Crippen LogP contribution in [0.1, 0.15) is 73.7 Å². The number of carbonyl (C=O) groups excluding carboxylic acids is 2. The summed E-state index contributed by atoms with van der Waals surface area (Å²) in [5, 5.41) is 5.04. The summed E-state index contributed by atoms with van der Waals surface area (Å²) in [7, 11) is 0. The molecule has 0 radical (unpaired) electrons. The van der Waals surface area contributed by atoms with E-state index < -0.39 is 17.6 Å². The molecule has 0 aliphatic heterocycles. The zero-order valence-electron chi connectivity index (χ0n) is 23.0. The van der Waals surface area contributed by atoms with Gasteiger partial charge >= 0.3 is 6.09 Å². The Hall–Kier alpha value is -3.19. The van der Waals surface area contributed by atoms with Gasteiger partial charge in [0.05, 0.1) is 13.0 Å². The van der Waals surface area contributed by atoms with Gasteiger partial charge in [-0.3, -0.25) is 9.78 Å². The molecule has 0 aliphatic rings. The highest BCUT2D eigenvalue weighted by molar-refractivity contribution is 7.09. The summed E-state index contributed by atoms with van der Waals surface area (Å²) >= 11 is 1.61. The fraction of sp³-hybridized carbons (Fsp3) is 0.433. The number of rotatable bonds is 9. The van der Waals surface area contributed by atoms with Gasteiger partial charge in [-0.2, -0.15) is 0 Å². The summed E-state index contributed by atoms with van der Waals surface area (Å²) in [6.45, 7) is 14.8. The third-order valence-electron chi connectivity index (χ3n) is 6.22. The molecule has 3 aromatic rings. The smallest absolute Gasteiger partial charge is 0.405 e. The molecule has 37 heavy (non-hydrogen) atoms. The quantitative estimate of drug-likeness (QED) is 0.329. The van der Waals surface area contributed by atoms with Crippen LogP contribution in [0.5, 0.6) is 0 Å². The molecule has 0 saturated heterocycles. The predicted octanol–water partition coefficient (Wildman–Crippen LogP) is 6.67. The van der Waals surface area contributed by atoms with E-state index in [0.29, 0.717) is 18.9 Å². The van der Waals surface area contributed by atoms with Gasteiger partial charge in [-0.1, -0.05) is 70.5 Å². The average molecular weight is 522 g/mol. The summed E-state index contributed by atoms with van der Waals surface area (Å²) < 4.78 is 5.80. The molecule has 0 spiro atoms. The highest BCUT2D eigenvalue weighted by Gasteiger charge is 2.36. The Kier molecular flexibility index (Phi) is 9.13. The molecule has 1 atom stereocenters. The molecule has 0 saturated carbocycles. The molecule has 1 aromatic carbocycles. The van der Waals surface area contributed by atoms with E-state index in [-0.39, 0.29) is 12.3 Å². The number of nitrogens with zero attached hydrogens (tertiary/aromatic N) is 1. The fourth-order valence-electron chi connectivity index (χ4n) is 4.52. The molecule has 0 aliphatic carbocycles. The summed E-state index contributed by atoms with van der Waals surface area (Å²) in [5.74, 6) is 0.239. The van der Waals surface area contributed by atoms with Gasteiger partial charge < -0.3 is 15.8 Å². The van der Waals surface area contributed by atoms with Crippen LogP contribution >= 0.6 is 11.3 Å². The van der Waals surface area contributed by atoms with Gasteiger partial charge in [-0.05, 0) is 54.3 Å². The zero-order valence-corrected chi connectivity index (χ0v) is 23.8. The first-order chi connectivity index (χ1) is 17.4. The molecule has 2 heterocycles. The van der Waals surface area contributed by atoms with Crippen LogP contribution in [0.25, 0.3) is 11.1 Å². The third-order valence-corrected chi connectivity index (χ3v) is 7.10. The van der Waals surface area contributed by atoms with Crippen LogP contribution in [0.4, 0.5) is 4.79 Å². The molecule has 7 heteroatoms. The number of nitrogens with one attached hydrogen (secondary N) is 1. The van der Waals surface area contributed by atoms with E-state index in [0.717, 1.165) is 44.1 Å². The van der Waals surface area contributed by atoms with Crippen molar-refractivity contribution < 1.29 is 14.3 Å². The number of ether oxygens (including phenoxy) is 1. The second kappa shape index (κ2) is 11.9. The summed E-state index contributed by atoms with van der Waals surface area (Å²) in [6.07, 6.45) is -0.609. The second-order valence-electron chi connectivity index (χ2n) is 11.1. The lowest BCUT2D eigenvalue weighted by Gasteiger charge is -2.34. The number of pyridine rings is 1. The number of hydrogen-bond donors (Lipinski definition) is 2. The van der Waals surface area contributed by atoms with Crippen LogP contribution in [-0.4, -0.2) is 17.0 Å². The molecule has 3 rings (SSSR count). The van der Waals surface area contributed by atoms with Gasteiger partial charge in [0.1, 0.15) is 6.10 Å². The van der Waals surface area contributed by atoms with E-state index in [1.807, 2.05) is 52.1 Å². The molecule has 0 fully saturated rings. The lowest BCUT2D eigenvalue weighted by Crippen LogP contribution is -2.30. The van der Waals surface area contributed by atoms with Crippen LogP contribution in [0.15, 0.2) is 41.8 Å². The molecular formula is C30H39N3O3S. The average Bonchev–Trinajstić information content (AvgIpc) is 3.31. The first-order valence-electron chi connectivity index (χ1n) is 12.7. The lowest BCUT2D eigenvalue weighted by molar-refractivity contribution is -0.120. The van der Waals surface area contributed by atoms with Crippen molar-refractivity contribution in [1.29, 1.82) is 0 Å². The first-order valence-corrected chi connectivity index (χ1v) is 13.6. The number of aryl methyl sites for hydroxylation is 2. The van der Waals surface area contributed by atoms with Crippen molar-refractivity contribution in [3.05, 3.63) is 74.7 Å². The first kappa shape index (κ1) is 28.4. The lowest BCUT2D eigenvalue weighted by atomic mass is 9.78. The van der Waals surface area contributed by atoms with Gasteiger partial charge in [0, 0.05) is 27.2 Å². The second-order valence-corrected chi connectivity index (χ2v) is 12.1. The minimum Gasteiger partial charge on any atom is -0.441 e. The maximum absolute atomic E-state index is 13.2. The summed E-state index contributed by atoms with van der Waals surface area (Å²) in [4.78, 5) is 31.4. The predicted molar refractivity (Wildman–Crippen MR) is 150 cm³/mol. The van der Waals surface area contributed by atoms with Crippen LogP contribution < -0.4 is 11.1 Å². The number of primary amides is 1. The summed E-state index contributed by atoms with van der Waals surface area (Å²) in [5.41, 5.74) is 11.4. The highest BCUT2D eigenvalue weighted by Crippen LogP contribution is 2.44. The van der Waals surface area contributed by atoms with Gasteiger partial charge in [-0.15, -0.1) is 11.3 Å². The van der Waals surface area contributed by atoms with E-state index in [1.54, 1.807) is 11.3 Å². The Morgan fingerprint density at radius 3 is 2.32 bits per heavy atom. The number of nitrogens with two attached hydrogens (primary N) is 1. The van der Waals surface area contributed by atoms with Crippen molar-refractivity contribution in [2.24, 2.45) is 17.1 Å². The standard InChI is InChI=1S/C30H39N3O3S/c1-18(2)15-24-27(28(30(5,6)7)36-29(31)35)26(21-12-10-19(3)11-13-21)23(20(4)33-24)16-25(34)32-17-22-9-8-14-37-22/h8-14,18,28H,15-17H2,1-7H3,(H2,31,35)(H,32,34). The van der Waals surface area contributed by atoms with Crippen LogP contribution in [0.3, 0.4) is 0 Å². The maximum Gasteiger partial charge on any atom is 0.405 e. The Labute approximate surface area is 224 Å². The molecule has 6 nitrogen and oxygen atoms in total. The van der Waals surface area contributed by atoms with Crippen molar-refractivity contribution in [2.75, 3.05) is 0 Å². The van der Waals surface area contributed by atoms with E-state index in [1.165, 1.54) is 0 Å². The number of carbonyl (C=O) groups is 2. The van der Waals surface area contributed by atoms with Crippen LogP contribution in [0.2, 0.25) is 0 Å². The molecular weight excluding hydrogens is 482 g/mol. The number of benzene rings is 1. The zero-order chi connectivity index (χ0) is 27.3. The SMILES string of the molecule is Cc1ccc(-c2c(CC(=O)NCc3cccs3)c(C)nc(CC(C)C)c2C(OC(N)=O)C(C)(C)C)cc1. The molecule has 2 amide bonds. The number of thiophene rings is 1. The Balaban J connectivity index is 2.24. The minimum absolute atomic E-state index is 0.0858. The van der Waals surface area contributed by atoms with Gasteiger partial charge in [0.25, 0.3) is 0 Å². The topological polar surface area (TPSA) is 94.3 Å². The van der Waals surface area contributed by atoms with Crippen LogP contribution in [-0.2, 0) is 28.9 Å². The van der Waals surface area contributed by atoms with Crippen molar-refractivity contribution in [1.82, 2.24) is 10.3 Å². The maximum atomic E-state index is 13.2. The number of hydrogen-bond acceptors (Lipinski definition) is 5. The van der Waals surface area contributed by atoms with Crippen molar-refractivity contribution in [3.63, 3.8) is 0 Å². The molecule has 0 bridgehead atoms. The van der Waals surface area contributed by atoms with E-state index in [9.17, 15) is 9.59 Å². The van der Waals surface area contributed by atoms with Crippen molar-refractivity contribution in [3.8, 4) is 11.1 Å². The molecule has 2 aromatic heterocycles. The van der Waals surface area contributed by atoms with Gasteiger partial charge in [0.15, 0.2) is 0 Å². The summed E-state index contributed by atoms with van der Waals surface area (Å²) in [6, 6.07) is 12.2. The van der Waals surface area contributed by atoms with Crippen molar-refractivity contribution >= 4 is 23.3 Å². The number of amides is 2. The molecule has 3 N–H and O–H groups in total. The Bertz CT molecular complexity index is 1230. The Morgan fingerprint density at radius 2 is 1.78 bits per heavy atom. The van der Waals surface area contributed by atoms with E-state index >= 15 is 0 Å².